The predicted molar refractivity (Wildman–Crippen MR) is 97.5 cm³/mol. The lowest BCUT2D eigenvalue weighted by molar-refractivity contribution is 0.0473. The SMILES string of the molecule is CCOC(=O)c1cc2c(nc1C(=O)OCC)C(c1ccccc1)CCN2. The first-order valence-corrected chi connectivity index (χ1v) is 8.83. The van der Waals surface area contributed by atoms with Gasteiger partial charge >= 0.3 is 11.9 Å². The van der Waals surface area contributed by atoms with Crippen LogP contribution in [-0.4, -0.2) is 36.7 Å². The van der Waals surface area contributed by atoms with E-state index in [9.17, 15) is 9.59 Å². The highest BCUT2D eigenvalue weighted by Gasteiger charge is 2.29. The Bertz CT molecular complexity index is 805. The molecule has 3 rings (SSSR count). The van der Waals surface area contributed by atoms with Crippen molar-refractivity contribution in [2.45, 2.75) is 26.2 Å². The smallest absolute Gasteiger partial charge is 0.357 e. The molecule has 0 saturated carbocycles. The van der Waals surface area contributed by atoms with Gasteiger partial charge in [-0.2, -0.15) is 0 Å². The maximum atomic E-state index is 12.4. The van der Waals surface area contributed by atoms with Crippen LogP contribution in [-0.2, 0) is 9.47 Å². The van der Waals surface area contributed by atoms with Gasteiger partial charge in [-0.3, -0.25) is 0 Å². The van der Waals surface area contributed by atoms with Gasteiger partial charge in [0, 0.05) is 12.5 Å². The number of esters is 2. The first-order chi connectivity index (χ1) is 12.7. The van der Waals surface area contributed by atoms with Crippen molar-refractivity contribution in [3.63, 3.8) is 0 Å². The van der Waals surface area contributed by atoms with E-state index in [1.807, 2.05) is 30.3 Å². The molecule has 1 aliphatic rings. The summed E-state index contributed by atoms with van der Waals surface area (Å²) in [4.78, 5) is 29.3. The second-order valence-corrected chi connectivity index (χ2v) is 5.94. The fraction of sp³-hybridized carbons (Fsp3) is 0.350. The summed E-state index contributed by atoms with van der Waals surface area (Å²) in [6, 6.07) is 11.7. The average Bonchev–Trinajstić information content (AvgIpc) is 2.67. The first kappa shape index (κ1) is 17.9. The van der Waals surface area contributed by atoms with Crippen LogP contribution in [0.1, 0.15) is 58.3 Å². The van der Waals surface area contributed by atoms with Gasteiger partial charge in [-0.1, -0.05) is 30.3 Å². The molecular formula is C20H22N2O4. The molecule has 1 aromatic carbocycles. The van der Waals surface area contributed by atoms with E-state index in [-0.39, 0.29) is 30.4 Å². The fourth-order valence-electron chi connectivity index (χ4n) is 3.15. The Morgan fingerprint density at radius 2 is 1.81 bits per heavy atom. The Kier molecular flexibility index (Phi) is 5.51. The van der Waals surface area contributed by atoms with Crippen molar-refractivity contribution in [3.05, 3.63) is 58.9 Å². The van der Waals surface area contributed by atoms with Crippen LogP contribution in [0.3, 0.4) is 0 Å². The summed E-state index contributed by atoms with van der Waals surface area (Å²) in [6.07, 6.45) is 0.852. The highest BCUT2D eigenvalue weighted by molar-refractivity contribution is 6.02. The number of anilines is 1. The minimum atomic E-state index is -0.615. The molecule has 0 amide bonds. The van der Waals surface area contributed by atoms with E-state index in [0.717, 1.165) is 29.9 Å². The van der Waals surface area contributed by atoms with Crippen LogP contribution in [0.15, 0.2) is 36.4 Å². The molecule has 0 fully saturated rings. The van der Waals surface area contributed by atoms with Crippen molar-refractivity contribution < 1.29 is 19.1 Å². The van der Waals surface area contributed by atoms with E-state index in [1.165, 1.54) is 0 Å². The fourth-order valence-corrected chi connectivity index (χ4v) is 3.15. The van der Waals surface area contributed by atoms with Gasteiger partial charge in [0.05, 0.1) is 30.2 Å². The van der Waals surface area contributed by atoms with Crippen LogP contribution < -0.4 is 5.32 Å². The van der Waals surface area contributed by atoms with Gasteiger partial charge in [-0.05, 0) is 31.9 Å². The quantitative estimate of drug-likeness (QED) is 0.830. The second-order valence-electron chi connectivity index (χ2n) is 5.94. The van der Waals surface area contributed by atoms with E-state index >= 15 is 0 Å². The van der Waals surface area contributed by atoms with E-state index in [0.29, 0.717) is 0 Å². The van der Waals surface area contributed by atoms with Crippen LogP contribution in [0.5, 0.6) is 0 Å². The first-order valence-electron chi connectivity index (χ1n) is 8.83. The van der Waals surface area contributed by atoms with E-state index in [1.54, 1.807) is 19.9 Å². The number of fused-ring (bicyclic) bond motifs is 1. The monoisotopic (exact) mass is 354 g/mol. The van der Waals surface area contributed by atoms with Crippen molar-refractivity contribution in [3.8, 4) is 0 Å². The van der Waals surface area contributed by atoms with Crippen LogP contribution in [0.25, 0.3) is 0 Å². The van der Waals surface area contributed by atoms with Crippen molar-refractivity contribution in [2.75, 3.05) is 25.1 Å². The number of nitrogens with one attached hydrogen (secondary N) is 1. The number of benzene rings is 1. The maximum absolute atomic E-state index is 12.4. The number of carbonyl (C=O) groups is 2. The lowest BCUT2D eigenvalue weighted by atomic mass is 9.88. The molecule has 2 heterocycles. The molecule has 0 bridgehead atoms. The molecule has 0 aliphatic carbocycles. The maximum Gasteiger partial charge on any atom is 0.357 e. The summed E-state index contributed by atoms with van der Waals surface area (Å²) >= 11 is 0. The van der Waals surface area contributed by atoms with Gasteiger partial charge in [0.1, 0.15) is 0 Å². The van der Waals surface area contributed by atoms with Crippen molar-refractivity contribution in [2.24, 2.45) is 0 Å². The molecule has 6 nitrogen and oxygen atoms in total. The Morgan fingerprint density at radius 3 is 2.50 bits per heavy atom. The third kappa shape index (κ3) is 3.54. The topological polar surface area (TPSA) is 77.5 Å². The molecule has 2 aromatic rings. The van der Waals surface area contributed by atoms with E-state index < -0.39 is 11.9 Å². The number of ether oxygens (including phenoxy) is 2. The summed E-state index contributed by atoms with van der Waals surface area (Å²) in [5.74, 6) is -1.14. The molecular weight excluding hydrogens is 332 g/mol. The number of carbonyl (C=O) groups excluding carboxylic acids is 2. The summed E-state index contributed by atoms with van der Waals surface area (Å²) in [6.45, 7) is 4.62. The Morgan fingerprint density at radius 1 is 1.12 bits per heavy atom. The molecule has 1 aliphatic heterocycles. The standard InChI is InChI=1S/C20H22N2O4/c1-3-25-19(23)15-12-16-17(22-18(15)20(24)26-4-2)14(10-11-21-16)13-8-6-5-7-9-13/h5-9,12,14,21H,3-4,10-11H2,1-2H3. The van der Waals surface area contributed by atoms with Gasteiger partial charge in [-0.25, -0.2) is 14.6 Å². The third-order valence-corrected chi connectivity index (χ3v) is 4.30. The van der Waals surface area contributed by atoms with E-state index in [2.05, 4.69) is 10.3 Å². The second kappa shape index (κ2) is 7.99. The lowest BCUT2D eigenvalue weighted by Gasteiger charge is -2.27. The summed E-state index contributed by atoms with van der Waals surface area (Å²) in [5.41, 5.74) is 2.76. The largest absolute Gasteiger partial charge is 0.462 e. The number of pyridine rings is 1. The average molecular weight is 354 g/mol. The van der Waals surface area contributed by atoms with Gasteiger partial charge < -0.3 is 14.8 Å². The predicted octanol–water partition coefficient (Wildman–Crippen LogP) is 3.38. The molecule has 6 heteroatoms. The Labute approximate surface area is 152 Å². The highest BCUT2D eigenvalue weighted by atomic mass is 16.5. The van der Waals surface area contributed by atoms with Crippen LogP contribution >= 0.6 is 0 Å². The van der Waals surface area contributed by atoms with Crippen LogP contribution in [0, 0.1) is 0 Å². The number of hydrogen-bond acceptors (Lipinski definition) is 6. The summed E-state index contributed by atoms with van der Waals surface area (Å²) in [7, 11) is 0. The Balaban J connectivity index is 2.10. The minimum Gasteiger partial charge on any atom is -0.462 e. The third-order valence-electron chi connectivity index (χ3n) is 4.30. The number of nitrogens with zero attached hydrogens (tertiary/aromatic N) is 1. The summed E-state index contributed by atoms with van der Waals surface area (Å²) < 4.78 is 10.2. The molecule has 0 saturated heterocycles. The van der Waals surface area contributed by atoms with Gasteiger partial charge in [0.25, 0.3) is 0 Å². The highest BCUT2D eigenvalue weighted by Crippen LogP contribution is 2.36. The molecule has 1 N–H and O–H groups in total. The lowest BCUT2D eigenvalue weighted by Crippen LogP contribution is -2.24. The van der Waals surface area contributed by atoms with Gasteiger partial charge in [0.15, 0.2) is 5.69 Å². The number of hydrogen-bond donors (Lipinski definition) is 1. The molecule has 26 heavy (non-hydrogen) atoms. The normalized spacial score (nSPS) is 15.5. The minimum absolute atomic E-state index is 0.00804. The number of rotatable bonds is 5. The van der Waals surface area contributed by atoms with Crippen molar-refractivity contribution >= 4 is 17.6 Å². The number of aromatic nitrogens is 1. The van der Waals surface area contributed by atoms with Crippen molar-refractivity contribution in [1.29, 1.82) is 0 Å². The van der Waals surface area contributed by atoms with Crippen LogP contribution in [0.2, 0.25) is 0 Å². The van der Waals surface area contributed by atoms with Gasteiger partial charge in [0.2, 0.25) is 0 Å². The zero-order valence-electron chi connectivity index (χ0n) is 15.0. The molecule has 0 spiro atoms. The molecule has 1 aromatic heterocycles. The molecule has 1 atom stereocenters. The van der Waals surface area contributed by atoms with E-state index in [4.69, 9.17) is 9.47 Å². The summed E-state index contributed by atoms with van der Waals surface area (Å²) in [5, 5.41) is 3.28. The van der Waals surface area contributed by atoms with Gasteiger partial charge in [-0.15, -0.1) is 0 Å². The Hall–Kier alpha value is -2.89. The van der Waals surface area contributed by atoms with Crippen molar-refractivity contribution in [1.82, 2.24) is 4.98 Å². The van der Waals surface area contributed by atoms with Crippen LogP contribution in [0.4, 0.5) is 5.69 Å². The molecule has 0 radical (unpaired) electrons. The molecule has 1 unspecified atom stereocenters. The molecule has 136 valence electrons. The zero-order chi connectivity index (χ0) is 18.5. The zero-order valence-corrected chi connectivity index (χ0v) is 15.0.